The topological polar surface area (TPSA) is 38.3 Å². The molecule has 0 aliphatic heterocycles. The maximum atomic E-state index is 12.9. The summed E-state index contributed by atoms with van der Waals surface area (Å²) < 4.78 is 18.4. The van der Waals surface area contributed by atoms with Gasteiger partial charge in [0.15, 0.2) is 0 Å². The second kappa shape index (κ2) is 5.84. The van der Waals surface area contributed by atoms with E-state index >= 15 is 0 Å². The van der Waals surface area contributed by atoms with Crippen molar-refractivity contribution in [3.8, 4) is 5.75 Å². The largest absolute Gasteiger partial charge is 0.497 e. The molecule has 0 radical (unpaired) electrons. The van der Waals surface area contributed by atoms with Gasteiger partial charge in [-0.1, -0.05) is 0 Å². The monoisotopic (exact) mass is 323 g/mol. The van der Waals surface area contributed by atoms with Crippen LogP contribution < -0.4 is 10.1 Å². The molecule has 0 atom stereocenters. The van der Waals surface area contributed by atoms with Crippen LogP contribution in [0.1, 0.15) is 10.4 Å². The summed E-state index contributed by atoms with van der Waals surface area (Å²) in [5.41, 5.74) is 1.01. The summed E-state index contributed by atoms with van der Waals surface area (Å²) >= 11 is 3.16. The highest BCUT2D eigenvalue weighted by Gasteiger charge is 2.10. The average Bonchev–Trinajstić information content (AvgIpc) is 2.39. The lowest BCUT2D eigenvalue weighted by molar-refractivity contribution is 0.102. The van der Waals surface area contributed by atoms with Gasteiger partial charge >= 0.3 is 0 Å². The predicted molar refractivity (Wildman–Crippen MR) is 75.0 cm³/mol. The summed E-state index contributed by atoms with van der Waals surface area (Å²) in [6.07, 6.45) is 0. The minimum absolute atomic E-state index is 0.308. The Bertz CT molecular complexity index is 599. The minimum Gasteiger partial charge on any atom is -0.497 e. The quantitative estimate of drug-likeness (QED) is 0.931. The van der Waals surface area contributed by atoms with E-state index in [4.69, 9.17) is 4.74 Å². The standard InChI is InChI=1S/C14H11BrFNO2/c1-19-11-5-3-10(4-6-11)17-14(18)12-7-2-9(16)8-13(12)15/h2-8H,1H3,(H,17,18). The van der Waals surface area contributed by atoms with Crippen LogP contribution in [0.15, 0.2) is 46.9 Å². The SMILES string of the molecule is COc1ccc(NC(=O)c2ccc(F)cc2Br)cc1. The highest BCUT2D eigenvalue weighted by atomic mass is 79.9. The number of rotatable bonds is 3. The molecule has 0 unspecified atom stereocenters. The molecular weight excluding hydrogens is 313 g/mol. The molecule has 19 heavy (non-hydrogen) atoms. The first-order valence-electron chi connectivity index (χ1n) is 5.50. The summed E-state index contributed by atoms with van der Waals surface area (Å²) in [6, 6.07) is 10.9. The van der Waals surface area contributed by atoms with Crippen molar-refractivity contribution in [1.29, 1.82) is 0 Å². The molecule has 98 valence electrons. The fourth-order valence-corrected chi connectivity index (χ4v) is 2.08. The number of halogens is 2. The zero-order valence-electron chi connectivity index (χ0n) is 10.1. The number of anilines is 1. The number of carbonyl (C=O) groups excluding carboxylic acids is 1. The number of ether oxygens (including phenoxy) is 1. The highest BCUT2D eigenvalue weighted by Crippen LogP contribution is 2.20. The van der Waals surface area contributed by atoms with Gasteiger partial charge in [0.25, 0.3) is 5.91 Å². The Labute approximate surface area is 118 Å². The van der Waals surface area contributed by atoms with Crippen LogP contribution in [0.2, 0.25) is 0 Å². The van der Waals surface area contributed by atoms with E-state index in [0.29, 0.717) is 21.5 Å². The maximum absolute atomic E-state index is 12.9. The van der Waals surface area contributed by atoms with Crippen molar-refractivity contribution in [3.05, 3.63) is 58.3 Å². The van der Waals surface area contributed by atoms with Crippen molar-refractivity contribution in [2.75, 3.05) is 12.4 Å². The second-order valence-corrected chi connectivity index (χ2v) is 4.66. The normalized spacial score (nSPS) is 10.1. The van der Waals surface area contributed by atoms with Gasteiger partial charge in [0.1, 0.15) is 11.6 Å². The molecule has 5 heteroatoms. The Kier molecular flexibility index (Phi) is 4.16. The Morgan fingerprint density at radius 2 is 1.89 bits per heavy atom. The molecule has 0 fully saturated rings. The van der Waals surface area contributed by atoms with Gasteiger partial charge < -0.3 is 10.1 Å². The highest BCUT2D eigenvalue weighted by molar-refractivity contribution is 9.10. The fourth-order valence-electron chi connectivity index (χ4n) is 1.55. The number of methoxy groups -OCH3 is 1. The van der Waals surface area contributed by atoms with Gasteiger partial charge in [-0.2, -0.15) is 0 Å². The lowest BCUT2D eigenvalue weighted by Gasteiger charge is -2.07. The molecule has 0 bridgehead atoms. The molecule has 0 aliphatic rings. The fraction of sp³-hybridized carbons (Fsp3) is 0.0714. The van der Waals surface area contributed by atoms with Crippen molar-refractivity contribution in [2.45, 2.75) is 0 Å². The summed E-state index contributed by atoms with van der Waals surface area (Å²) in [5, 5.41) is 2.72. The van der Waals surface area contributed by atoms with Crippen LogP contribution in [-0.4, -0.2) is 13.0 Å². The molecule has 1 amide bonds. The van der Waals surface area contributed by atoms with Gasteiger partial charge in [0.05, 0.1) is 12.7 Å². The van der Waals surface area contributed by atoms with Gasteiger partial charge in [0, 0.05) is 10.2 Å². The van der Waals surface area contributed by atoms with Crippen molar-refractivity contribution in [2.24, 2.45) is 0 Å². The molecule has 0 spiro atoms. The summed E-state index contributed by atoms with van der Waals surface area (Å²) in [6.45, 7) is 0. The Morgan fingerprint density at radius 1 is 1.21 bits per heavy atom. The van der Waals surface area contributed by atoms with Crippen molar-refractivity contribution >= 4 is 27.5 Å². The number of benzene rings is 2. The third-order valence-electron chi connectivity index (χ3n) is 2.52. The van der Waals surface area contributed by atoms with E-state index in [2.05, 4.69) is 21.2 Å². The first-order valence-corrected chi connectivity index (χ1v) is 6.30. The number of nitrogens with one attached hydrogen (secondary N) is 1. The number of amides is 1. The third-order valence-corrected chi connectivity index (χ3v) is 3.18. The molecule has 2 aromatic rings. The molecule has 0 aromatic heterocycles. The van der Waals surface area contributed by atoms with Crippen LogP contribution >= 0.6 is 15.9 Å². The van der Waals surface area contributed by atoms with Crippen LogP contribution in [0.5, 0.6) is 5.75 Å². The molecule has 3 nitrogen and oxygen atoms in total. The molecule has 2 rings (SSSR count). The lowest BCUT2D eigenvalue weighted by atomic mass is 10.2. The smallest absolute Gasteiger partial charge is 0.256 e. The molecule has 0 saturated carbocycles. The van der Waals surface area contributed by atoms with Gasteiger partial charge in [-0.3, -0.25) is 4.79 Å². The first kappa shape index (κ1) is 13.5. The summed E-state index contributed by atoms with van der Waals surface area (Å²) in [7, 11) is 1.57. The average molecular weight is 324 g/mol. The molecule has 0 aliphatic carbocycles. The van der Waals surface area contributed by atoms with Crippen molar-refractivity contribution < 1.29 is 13.9 Å². The molecule has 0 heterocycles. The number of hydrogen-bond donors (Lipinski definition) is 1. The molecule has 1 N–H and O–H groups in total. The van der Waals surface area contributed by atoms with E-state index in [1.54, 1.807) is 31.4 Å². The van der Waals surface area contributed by atoms with E-state index in [-0.39, 0.29) is 5.91 Å². The Balaban J connectivity index is 2.15. The van der Waals surface area contributed by atoms with Crippen LogP contribution in [0.4, 0.5) is 10.1 Å². The molecular formula is C14H11BrFNO2. The predicted octanol–water partition coefficient (Wildman–Crippen LogP) is 3.85. The van der Waals surface area contributed by atoms with E-state index < -0.39 is 5.82 Å². The Hall–Kier alpha value is -1.88. The maximum Gasteiger partial charge on any atom is 0.256 e. The summed E-state index contributed by atoms with van der Waals surface area (Å²) in [4.78, 5) is 12.0. The van der Waals surface area contributed by atoms with E-state index in [1.165, 1.54) is 18.2 Å². The van der Waals surface area contributed by atoms with Gasteiger partial charge in [-0.15, -0.1) is 0 Å². The van der Waals surface area contributed by atoms with Gasteiger partial charge in [-0.05, 0) is 58.4 Å². The van der Waals surface area contributed by atoms with Crippen LogP contribution in [0.25, 0.3) is 0 Å². The van der Waals surface area contributed by atoms with Gasteiger partial charge in [0.2, 0.25) is 0 Å². The van der Waals surface area contributed by atoms with E-state index in [9.17, 15) is 9.18 Å². The van der Waals surface area contributed by atoms with Crippen molar-refractivity contribution in [3.63, 3.8) is 0 Å². The minimum atomic E-state index is -0.395. The first-order chi connectivity index (χ1) is 9.10. The van der Waals surface area contributed by atoms with Gasteiger partial charge in [-0.25, -0.2) is 4.39 Å². The van der Waals surface area contributed by atoms with Crippen LogP contribution in [-0.2, 0) is 0 Å². The summed E-state index contributed by atoms with van der Waals surface area (Å²) in [5.74, 6) is 0.00544. The van der Waals surface area contributed by atoms with E-state index in [0.717, 1.165) is 0 Å². The third kappa shape index (κ3) is 3.32. The zero-order valence-corrected chi connectivity index (χ0v) is 11.7. The zero-order chi connectivity index (χ0) is 13.8. The van der Waals surface area contributed by atoms with E-state index in [1.807, 2.05) is 0 Å². The number of hydrogen-bond acceptors (Lipinski definition) is 2. The number of carbonyl (C=O) groups is 1. The molecule has 0 saturated heterocycles. The lowest BCUT2D eigenvalue weighted by Crippen LogP contribution is -2.12. The molecule has 2 aromatic carbocycles. The second-order valence-electron chi connectivity index (χ2n) is 3.81. The van der Waals surface area contributed by atoms with Crippen molar-refractivity contribution in [1.82, 2.24) is 0 Å². The van der Waals surface area contributed by atoms with Crippen LogP contribution in [0.3, 0.4) is 0 Å². The van der Waals surface area contributed by atoms with Crippen LogP contribution in [0, 0.1) is 5.82 Å². The Morgan fingerprint density at radius 3 is 2.47 bits per heavy atom.